The highest BCUT2D eigenvalue weighted by Gasteiger charge is 2.21. The van der Waals surface area contributed by atoms with Gasteiger partial charge in [0.1, 0.15) is 11.5 Å². The van der Waals surface area contributed by atoms with E-state index in [-0.39, 0.29) is 5.91 Å². The first-order chi connectivity index (χ1) is 10.3. The minimum absolute atomic E-state index is 0.00489. The van der Waals surface area contributed by atoms with Gasteiger partial charge in [-0.25, -0.2) is 4.98 Å². The highest BCUT2D eigenvalue weighted by Crippen LogP contribution is 2.16. The average Bonchev–Trinajstić information content (AvgIpc) is 3.08. The van der Waals surface area contributed by atoms with Crippen LogP contribution in [0.25, 0.3) is 0 Å². The molecule has 6 nitrogen and oxygen atoms in total. The van der Waals surface area contributed by atoms with Crippen molar-refractivity contribution in [2.75, 3.05) is 38.2 Å². The standard InChI is InChI=1S/C15H22N4O2/c20-15(19-5-1-2-6-19)13-10-16-11-14(18-13)17-9-12-3-7-21-8-4-12/h10-12H,1-9H2,(H,17,18). The molecule has 1 aromatic rings. The van der Waals surface area contributed by atoms with Gasteiger partial charge in [-0.3, -0.25) is 9.78 Å². The number of likely N-dealkylation sites (tertiary alicyclic amines) is 1. The zero-order valence-electron chi connectivity index (χ0n) is 12.3. The van der Waals surface area contributed by atoms with Gasteiger partial charge in [-0.2, -0.15) is 0 Å². The Morgan fingerprint density at radius 1 is 1.29 bits per heavy atom. The van der Waals surface area contributed by atoms with Gasteiger partial charge in [0.05, 0.1) is 12.4 Å². The number of hydrogen-bond acceptors (Lipinski definition) is 5. The van der Waals surface area contributed by atoms with Crippen LogP contribution in [0.1, 0.15) is 36.2 Å². The minimum Gasteiger partial charge on any atom is -0.381 e. The fourth-order valence-electron chi connectivity index (χ4n) is 2.84. The van der Waals surface area contributed by atoms with E-state index in [4.69, 9.17) is 4.74 Å². The number of rotatable bonds is 4. The molecule has 0 saturated carbocycles. The number of nitrogens with zero attached hydrogens (tertiary/aromatic N) is 3. The number of anilines is 1. The van der Waals surface area contributed by atoms with E-state index in [9.17, 15) is 4.79 Å². The first-order valence-corrected chi connectivity index (χ1v) is 7.76. The van der Waals surface area contributed by atoms with Crippen LogP contribution < -0.4 is 5.32 Å². The monoisotopic (exact) mass is 290 g/mol. The third-order valence-corrected chi connectivity index (χ3v) is 4.16. The number of aromatic nitrogens is 2. The van der Waals surface area contributed by atoms with Gasteiger partial charge in [0, 0.05) is 32.8 Å². The van der Waals surface area contributed by atoms with Gasteiger partial charge >= 0.3 is 0 Å². The topological polar surface area (TPSA) is 67.3 Å². The lowest BCUT2D eigenvalue weighted by Gasteiger charge is -2.22. The van der Waals surface area contributed by atoms with E-state index in [0.29, 0.717) is 17.4 Å². The average molecular weight is 290 g/mol. The van der Waals surface area contributed by atoms with E-state index < -0.39 is 0 Å². The molecule has 1 N–H and O–H groups in total. The second kappa shape index (κ2) is 6.85. The molecule has 114 valence electrons. The molecule has 0 spiro atoms. The maximum Gasteiger partial charge on any atom is 0.274 e. The molecule has 2 aliphatic rings. The summed E-state index contributed by atoms with van der Waals surface area (Å²) in [5, 5.41) is 3.30. The molecular weight excluding hydrogens is 268 g/mol. The maximum atomic E-state index is 12.3. The van der Waals surface area contributed by atoms with Crippen molar-refractivity contribution >= 4 is 11.7 Å². The largest absolute Gasteiger partial charge is 0.381 e. The van der Waals surface area contributed by atoms with Crippen molar-refractivity contribution in [1.82, 2.24) is 14.9 Å². The van der Waals surface area contributed by atoms with Gasteiger partial charge in [-0.05, 0) is 31.6 Å². The third kappa shape index (κ3) is 3.69. The van der Waals surface area contributed by atoms with Crippen molar-refractivity contribution in [1.29, 1.82) is 0 Å². The first-order valence-electron chi connectivity index (χ1n) is 7.76. The van der Waals surface area contributed by atoms with Gasteiger partial charge in [-0.15, -0.1) is 0 Å². The SMILES string of the molecule is O=C(c1cncc(NCC2CCOCC2)n1)N1CCCC1. The van der Waals surface area contributed by atoms with Crippen LogP contribution in [0.5, 0.6) is 0 Å². The lowest BCUT2D eigenvalue weighted by atomic mass is 10.0. The Hall–Kier alpha value is -1.69. The van der Waals surface area contributed by atoms with Crippen molar-refractivity contribution in [3.05, 3.63) is 18.1 Å². The Balaban J connectivity index is 1.58. The quantitative estimate of drug-likeness (QED) is 0.911. The van der Waals surface area contributed by atoms with E-state index in [0.717, 1.165) is 58.5 Å². The summed E-state index contributed by atoms with van der Waals surface area (Å²) in [5.41, 5.74) is 0.439. The lowest BCUT2D eigenvalue weighted by molar-refractivity contribution is 0.0699. The molecule has 0 unspecified atom stereocenters. The van der Waals surface area contributed by atoms with Crippen LogP contribution in [0.2, 0.25) is 0 Å². The van der Waals surface area contributed by atoms with E-state index in [1.807, 2.05) is 4.90 Å². The summed E-state index contributed by atoms with van der Waals surface area (Å²) in [6.45, 7) is 4.21. The molecule has 2 aliphatic heterocycles. The van der Waals surface area contributed by atoms with Crippen molar-refractivity contribution in [3.8, 4) is 0 Å². The van der Waals surface area contributed by atoms with Gasteiger partial charge < -0.3 is 15.0 Å². The van der Waals surface area contributed by atoms with Gasteiger partial charge in [0.15, 0.2) is 0 Å². The molecule has 0 aliphatic carbocycles. The molecule has 21 heavy (non-hydrogen) atoms. The molecule has 1 amide bonds. The number of hydrogen-bond donors (Lipinski definition) is 1. The van der Waals surface area contributed by atoms with Crippen LogP contribution >= 0.6 is 0 Å². The maximum absolute atomic E-state index is 12.3. The second-order valence-corrected chi connectivity index (χ2v) is 5.73. The number of carbonyl (C=O) groups is 1. The summed E-state index contributed by atoms with van der Waals surface area (Å²) in [7, 11) is 0. The van der Waals surface area contributed by atoms with Crippen molar-refractivity contribution < 1.29 is 9.53 Å². The summed E-state index contributed by atoms with van der Waals surface area (Å²) >= 11 is 0. The normalized spacial score (nSPS) is 19.7. The van der Waals surface area contributed by atoms with Crippen molar-refractivity contribution in [2.45, 2.75) is 25.7 Å². The van der Waals surface area contributed by atoms with E-state index in [1.165, 1.54) is 0 Å². The predicted octanol–water partition coefficient (Wildman–Crippen LogP) is 1.55. The Morgan fingerprint density at radius 2 is 2.05 bits per heavy atom. The summed E-state index contributed by atoms with van der Waals surface area (Å²) in [4.78, 5) is 22.7. The summed E-state index contributed by atoms with van der Waals surface area (Å²) in [6.07, 6.45) is 7.56. The van der Waals surface area contributed by atoms with Crippen LogP contribution in [0.3, 0.4) is 0 Å². The molecule has 0 radical (unpaired) electrons. The Bertz CT molecular complexity index is 482. The molecule has 1 aromatic heterocycles. The number of nitrogens with one attached hydrogen (secondary N) is 1. The zero-order chi connectivity index (χ0) is 14.5. The fraction of sp³-hybridized carbons (Fsp3) is 0.667. The molecule has 3 heterocycles. The van der Waals surface area contributed by atoms with E-state index in [2.05, 4.69) is 15.3 Å². The van der Waals surface area contributed by atoms with Crippen LogP contribution in [0, 0.1) is 5.92 Å². The molecule has 2 fully saturated rings. The number of amides is 1. The van der Waals surface area contributed by atoms with Gasteiger partial charge in [-0.1, -0.05) is 0 Å². The molecule has 0 atom stereocenters. The van der Waals surface area contributed by atoms with Crippen LogP contribution in [-0.2, 0) is 4.74 Å². The van der Waals surface area contributed by atoms with Gasteiger partial charge in [0.2, 0.25) is 0 Å². The zero-order valence-corrected chi connectivity index (χ0v) is 12.3. The first kappa shape index (κ1) is 14.3. The number of carbonyl (C=O) groups excluding carboxylic acids is 1. The number of ether oxygens (including phenoxy) is 1. The third-order valence-electron chi connectivity index (χ3n) is 4.16. The second-order valence-electron chi connectivity index (χ2n) is 5.73. The Kier molecular flexibility index (Phi) is 4.65. The van der Waals surface area contributed by atoms with Crippen LogP contribution in [-0.4, -0.2) is 53.6 Å². The van der Waals surface area contributed by atoms with Crippen molar-refractivity contribution in [2.24, 2.45) is 5.92 Å². The Labute approximate surface area is 124 Å². The molecular formula is C15H22N4O2. The van der Waals surface area contributed by atoms with E-state index in [1.54, 1.807) is 12.4 Å². The summed E-state index contributed by atoms with van der Waals surface area (Å²) in [6, 6.07) is 0. The highest BCUT2D eigenvalue weighted by atomic mass is 16.5. The molecule has 6 heteroatoms. The van der Waals surface area contributed by atoms with Gasteiger partial charge in [0.25, 0.3) is 5.91 Å². The molecule has 0 aromatic carbocycles. The smallest absolute Gasteiger partial charge is 0.274 e. The molecule has 0 bridgehead atoms. The molecule has 2 saturated heterocycles. The summed E-state index contributed by atoms with van der Waals surface area (Å²) in [5.74, 6) is 1.29. The van der Waals surface area contributed by atoms with Crippen LogP contribution in [0.4, 0.5) is 5.82 Å². The predicted molar refractivity (Wildman–Crippen MR) is 79.2 cm³/mol. The van der Waals surface area contributed by atoms with Crippen molar-refractivity contribution in [3.63, 3.8) is 0 Å². The Morgan fingerprint density at radius 3 is 2.81 bits per heavy atom. The fourth-order valence-corrected chi connectivity index (χ4v) is 2.84. The van der Waals surface area contributed by atoms with E-state index >= 15 is 0 Å². The minimum atomic E-state index is -0.00489. The molecule has 3 rings (SSSR count). The highest BCUT2D eigenvalue weighted by molar-refractivity contribution is 5.92. The van der Waals surface area contributed by atoms with Crippen LogP contribution in [0.15, 0.2) is 12.4 Å². The lowest BCUT2D eigenvalue weighted by Crippen LogP contribution is -2.29. The summed E-state index contributed by atoms with van der Waals surface area (Å²) < 4.78 is 5.35.